The van der Waals surface area contributed by atoms with E-state index in [-0.39, 0.29) is 4.90 Å². The normalized spacial score (nSPS) is 10.9. The first-order valence-electron chi connectivity index (χ1n) is 5.61. The summed E-state index contributed by atoms with van der Waals surface area (Å²) < 4.78 is 28.8. The summed E-state index contributed by atoms with van der Waals surface area (Å²) in [5, 5.41) is 0. The Labute approximate surface area is 111 Å². The van der Waals surface area contributed by atoms with Crippen LogP contribution in [0.5, 0.6) is 5.75 Å². The first kappa shape index (κ1) is 13.3. The van der Waals surface area contributed by atoms with Gasteiger partial charge in [0, 0.05) is 0 Å². The predicted molar refractivity (Wildman–Crippen MR) is 70.6 cm³/mol. The Bertz CT molecular complexity index is 648. The molecule has 2 rings (SSSR count). The van der Waals surface area contributed by atoms with Crippen molar-refractivity contribution in [1.82, 2.24) is 0 Å². The monoisotopic (exact) mass is 276 g/mol. The highest BCUT2D eigenvalue weighted by molar-refractivity contribution is 7.92. The van der Waals surface area contributed by atoms with Crippen LogP contribution in [0.1, 0.15) is 0 Å². The Morgan fingerprint density at radius 3 is 2.00 bits per heavy atom. The summed E-state index contributed by atoms with van der Waals surface area (Å²) in [5.41, 5.74) is 0. The minimum absolute atomic E-state index is 0.111. The van der Waals surface area contributed by atoms with Gasteiger partial charge >= 0.3 is 5.97 Å². The molecule has 0 aliphatic heterocycles. The van der Waals surface area contributed by atoms with Crippen LogP contribution < -0.4 is 4.74 Å². The highest BCUT2D eigenvalue weighted by Gasteiger charge is 2.20. The van der Waals surface area contributed by atoms with Crippen LogP contribution in [0.2, 0.25) is 0 Å². The Balaban J connectivity index is 2.07. The summed E-state index contributed by atoms with van der Waals surface area (Å²) >= 11 is 0. The highest BCUT2D eigenvalue weighted by atomic mass is 32.2. The third kappa shape index (κ3) is 3.66. The van der Waals surface area contributed by atoms with Crippen molar-refractivity contribution in [2.75, 3.05) is 5.75 Å². The smallest absolute Gasteiger partial charge is 0.326 e. The van der Waals surface area contributed by atoms with Gasteiger partial charge in [0.05, 0.1) is 4.90 Å². The predicted octanol–water partition coefficient (Wildman–Crippen LogP) is 2.07. The van der Waals surface area contributed by atoms with Crippen molar-refractivity contribution in [2.45, 2.75) is 4.90 Å². The zero-order valence-corrected chi connectivity index (χ0v) is 10.8. The number of para-hydroxylation sites is 1. The van der Waals surface area contributed by atoms with Crippen molar-refractivity contribution in [1.29, 1.82) is 0 Å². The number of ether oxygens (including phenoxy) is 1. The summed E-state index contributed by atoms with van der Waals surface area (Å²) in [6.07, 6.45) is 0. The van der Waals surface area contributed by atoms with E-state index < -0.39 is 21.6 Å². The van der Waals surface area contributed by atoms with E-state index in [0.717, 1.165) is 0 Å². The molecule has 19 heavy (non-hydrogen) atoms. The maximum atomic E-state index is 11.9. The molecule has 0 aliphatic carbocycles. The molecular formula is C14H12O4S. The van der Waals surface area contributed by atoms with Gasteiger partial charge in [0.15, 0.2) is 15.6 Å². The number of esters is 1. The van der Waals surface area contributed by atoms with Gasteiger partial charge in [-0.1, -0.05) is 36.4 Å². The lowest BCUT2D eigenvalue weighted by molar-refractivity contribution is -0.131. The Morgan fingerprint density at radius 1 is 0.895 bits per heavy atom. The van der Waals surface area contributed by atoms with E-state index in [4.69, 9.17) is 4.74 Å². The SMILES string of the molecule is O=C(CS(=O)(=O)c1ccccc1)Oc1ccccc1. The third-order valence-corrected chi connectivity index (χ3v) is 3.99. The molecule has 0 unspecified atom stereocenters. The van der Waals surface area contributed by atoms with Gasteiger partial charge in [-0.15, -0.1) is 0 Å². The molecule has 4 nitrogen and oxygen atoms in total. The number of rotatable bonds is 4. The Kier molecular flexibility index (Phi) is 3.97. The molecule has 0 atom stereocenters. The van der Waals surface area contributed by atoms with E-state index in [1.165, 1.54) is 12.1 Å². The molecule has 0 amide bonds. The zero-order valence-electron chi connectivity index (χ0n) is 10.0. The zero-order chi connectivity index (χ0) is 13.7. The van der Waals surface area contributed by atoms with E-state index in [1.807, 2.05) is 0 Å². The number of sulfone groups is 1. The van der Waals surface area contributed by atoms with E-state index in [2.05, 4.69) is 0 Å². The second kappa shape index (κ2) is 5.67. The highest BCUT2D eigenvalue weighted by Crippen LogP contribution is 2.13. The van der Waals surface area contributed by atoms with E-state index >= 15 is 0 Å². The van der Waals surface area contributed by atoms with Gasteiger partial charge in [-0.3, -0.25) is 4.79 Å². The first-order chi connectivity index (χ1) is 9.08. The van der Waals surface area contributed by atoms with Gasteiger partial charge in [0.2, 0.25) is 0 Å². The van der Waals surface area contributed by atoms with Gasteiger partial charge in [-0.2, -0.15) is 0 Å². The fourth-order valence-electron chi connectivity index (χ4n) is 1.52. The van der Waals surface area contributed by atoms with Gasteiger partial charge in [0.25, 0.3) is 0 Å². The van der Waals surface area contributed by atoms with Crippen LogP contribution in [-0.2, 0) is 14.6 Å². The largest absolute Gasteiger partial charge is 0.426 e. The molecule has 0 aliphatic rings. The fourth-order valence-corrected chi connectivity index (χ4v) is 2.62. The summed E-state index contributed by atoms with van der Waals surface area (Å²) in [4.78, 5) is 11.7. The average molecular weight is 276 g/mol. The van der Waals surface area contributed by atoms with Gasteiger partial charge in [0.1, 0.15) is 5.75 Å². The molecule has 0 saturated carbocycles. The molecule has 2 aromatic rings. The van der Waals surface area contributed by atoms with Gasteiger partial charge in [-0.05, 0) is 24.3 Å². The number of hydrogen-bond donors (Lipinski definition) is 0. The molecular weight excluding hydrogens is 264 g/mol. The van der Waals surface area contributed by atoms with Crippen molar-refractivity contribution < 1.29 is 17.9 Å². The lowest BCUT2D eigenvalue weighted by Crippen LogP contribution is -2.21. The molecule has 0 N–H and O–H groups in total. The summed E-state index contributed by atoms with van der Waals surface area (Å²) in [6.45, 7) is 0. The molecule has 0 aromatic heterocycles. The Morgan fingerprint density at radius 2 is 1.42 bits per heavy atom. The topological polar surface area (TPSA) is 60.4 Å². The second-order valence-corrected chi connectivity index (χ2v) is 5.85. The molecule has 2 aromatic carbocycles. The van der Waals surface area contributed by atoms with Crippen LogP contribution in [0.25, 0.3) is 0 Å². The summed E-state index contributed by atoms with van der Waals surface area (Å²) in [7, 11) is -3.65. The average Bonchev–Trinajstić information content (AvgIpc) is 2.40. The first-order valence-corrected chi connectivity index (χ1v) is 7.27. The van der Waals surface area contributed by atoms with Crippen LogP contribution in [0.3, 0.4) is 0 Å². The van der Waals surface area contributed by atoms with Crippen LogP contribution in [0.15, 0.2) is 65.6 Å². The number of benzene rings is 2. The molecule has 5 heteroatoms. The molecule has 0 saturated heterocycles. The van der Waals surface area contributed by atoms with Crippen molar-refractivity contribution >= 4 is 15.8 Å². The molecule has 0 radical (unpaired) electrons. The molecule has 0 bridgehead atoms. The number of hydrogen-bond acceptors (Lipinski definition) is 4. The minimum atomic E-state index is -3.65. The number of carbonyl (C=O) groups is 1. The van der Waals surface area contributed by atoms with Crippen LogP contribution >= 0.6 is 0 Å². The summed E-state index contributed by atoms with van der Waals surface area (Å²) in [6, 6.07) is 16.2. The molecule has 0 spiro atoms. The van der Waals surface area contributed by atoms with Crippen LogP contribution in [-0.4, -0.2) is 20.1 Å². The van der Waals surface area contributed by atoms with Crippen molar-refractivity contribution in [3.05, 3.63) is 60.7 Å². The second-order valence-electron chi connectivity index (χ2n) is 3.86. The van der Waals surface area contributed by atoms with E-state index in [9.17, 15) is 13.2 Å². The minimum Gasteiger partial charge on any atom is -0.426 e. The fraction of sp³-hybridized carbons (Fsp3) is 0.0714. The lowest BCUT2D eigenvalue weighted by Gasteiger charge is -2.05. The summed E-state index contributed by atoms with van der Waals surface area (Å²) in [5.74, 6) is -1.14. The molecule has 0 heterocycles. The van der Waals surface area contributed by atoms with E-state index in [0.29, 0.717) is 5.75 Å². The number of carbonyl (C=O) groups excluding carboxylic acids is 1. The maximum Gasteiger partial charge on any atom is 0.326 e. The van der Waals surface area contributed by atoms with Crippen molar-refractivity contribution in [2.24, 2.45) is 0 Å². The van der Waals surface area contributed by atoms with Crippen molar-refractivity contribution in [3.8, 4) is 5.75 Å². The van der Waals surface area contributed by atoms with E-state index in [1.54, 1.807) is 48.5 Å². The molecule has 0 fully saturated rings. The maximum absolute atomic E-state index is 11.9. The van der Waals surface area contributed by atoms with Gasteiger partial charge in [-0.25, -0.2) is 8.42 Å². The lowest BCUT2D eigenvalue weighted by atomic mass is 10.3. The standard InChI is InChI=1S/C14H12O4S/c15-14(18-12-7-3-1-4-8-12)11-19(16,17)13-9-5-2-6-10-13/h1-10H,11H2. The van der Waals surface area contributed by atoms with Crippen molar-refractivity contribution in [3.63, 3.8) is 0 Å². The molecule has 98 valence electrons. The van der Waals surface area contributed by atoms with Gasteiger partial charge < -0.3 is 4.74 Å². The third-order valence-electron chi connectivity index (χ3n) is 2.39. The quantitative estimate of drug-likeness (QED) is 0.633. The Hall–Kier alpha value is -2.14. The van der Waals surface area contributed by atoms with Crippen LogP contribution in [0, 0.1) is 0 Å². The van der Waals surface area contributed by atoms with Crippen LogP contribution in [0.4, 0.5) is 0 Å².